The summed E-state index contributed by atoms with van der Waals surface area (Å²) in [5.74, 6) is 0. The van der Waals surface area contributed by atoms with E-state index in [1.54, 1.807) is 0 Å². The predicted molar refractivity (Wildman–Crippen MR) is 66.9 cm³/mol. The van der Waals surface area contributed by atoms with Crippen molar-refractivity contribution in [3.05, 3.63) is 53.4 Å². The second-order valence-corrected chi connectivity index (χ2v) is 4.26. The highest BCUT2D eigenvalue weighted by Gasteiger charge is 2.01. The number of hydrogen-bond donors (Lipinski definition) is 1. The van der Waals surface area contributed by atoms with E-state index in [2.05, 4.69) is 48.5 Å². The highest BCUT2D eigenvalue weighted by Crippen LogP contribution is 2.32. The Bertz CT molecular complexity index is 568. The molecule has 4 heteroatoms. The van der Waals surface area contributed by atoms with E-state index in [-0.39, 0.29) is 0 Å². The third-order valence-corrected chi connectivity index (χ3v) is 3.44. The lowest BCUT2D eigenvalue weighted by molar-refractivity contribution is 0.312. The standard InChI is InChI=1S/C12H8S.HNO2/c1-3-7-11-9(5-1)10-6-2-4-8-12(10)13-11;2-1-3/h1-8H;(H,2,3). The molecule has 0 unspecified atom stereocenters. The predicted octanol–water partition coefficient (Wildman–Crippen LogP) is 4.20. The Kier molecular flexibility index (Phi) is 3.12. The highest BCUT2D eigenvalue weighted by atomic mass is 32.1. The van der Waals surface area contributed by atoms with Crippen LogP contribution >= 0.6 is 11.3 Å². The maximum Gasteiger partial charge on any atom is 0.152 e. The maximum absolute atomic E-state index is 8.11. The number of hydrogen-bond acceptors (Lipinski definition) is 3. The molecule has 3 rings (SSSR count). The van der Waals surface area contributed by atoms with E-state index in [1.165, 1.54) is 25.5 Å². The van der Waals surface area contributed by atoms with E-state index in [0.29, 0.717) is 0 Å². The molecule has 0 aliphatic heterocycles. The van der Waals surface area contributed by atoms with Crippen LogP contribution in [0.4, 0.5) is 0 Å². The normalized spacial score (nSPS) is 9.75. The Morgan fingerprint density at radius 3 is 1.69 bits per heavy atom. The molecule has 0 spiro atoms. The first kappa shape index (κ1) is 10.6. The van der Waals surface area contributed by atoms with Crippen LogP contribution in [0.15, 0.2) is 53.9 Å². The van der Waals surface area contributed by atoms with Crippen LogP contribution in [0, 0.1) is 4.91 Å². The number of rotatable bonds is 0. The second kappa shape index (κ2) is 4.72. The van der Waals surface area contributed by atoms with Gasteiger partial charge in [-0.3, -0.25) is 0 Å². The van der Waals surface area contributed by atoms with Crippen LogP contribution < -0.4 is 0 Å². The summed E-state index contributed by atoms with van der Waals surface area (Å²) in [5.41, 5.74) is 0. The van der Waals surface area contributed by atoms with Gasteiger partial charge in [-0.05, 0) is 12.1 Å². The molecule has 0 saturated heterocycles. The first-order chi connectivity index (χ1) is 7.86. The van der Waals surface area contributed by atoms with E-state index in [0.717, 1.165) is 0 Å². The zero-order valence-corrected chi connectivity index (χ0v) is 9.15. The lowest BCUT2D eigenvalue weighted by Crippen LogP contribution is -1.62. The third kappa shape index (κ3) is 1.87. The van der Waals surface area contributed by atoms with Crippen molar-refractivity contribution in [2.24, 2.45) is 5.34 Å². The fourth-order valence-electron chi connectivity index (χ4n) is 1.67. The summed E-state index contributed by atoms with van der Waals surface area (Å²) >= 11 is 1.86. The molecule has 0 bridgehead atoms. The van der Waals surface area contributed by atoms with Gasteiger partial charge in [-0.15, -0.1) is 16.2 Å². The van der Waals surface area contributed by atoms with Crippen LogP contribution in [0.5, 0.6) is 0 Å². The molecule has 0 saturated carbocycles. The molecule has 2 aromatic carbocycles. The van der Waals surface area contributed by atoms with Gasteiger partial charge in [0.05, 0.1) is 0 Å². The molecule has 0 aliphatic carbocycles. The lowest BCUT2D eigenvalue weighted by atomic mass is 10.2. The van der Waals surface area contributed by atoms with Crippen molar-refractivity contribution >= 4 is 31.5 Å². The summed E-state index contributed by atoms with van der Waals surface area (Å²) in [7, 11) is 0. The van der Waals surface area contributed by atoms with Gasteiger partial charge in [0, 0.05) is 20.2 Å². The molecule has 3 aromatic rings. The maximum atomic E-state index is 8.11. The van der Waals surface area contributed by atoms with Gasteiger partial charge in [-0.25, -0.2) is 0 Å². The van der Waals surface area contributed by atoms with Gasteiger partial charge in [-0.2, -0.15) is 0 Å². The van der Waals surface area contributed by atoms with Gasteiger partial charge < -0.3 is 5.21 Å². The number of thiophene rings is 1. The van der Waals surface area contributed by atoms with Crippen LogP contribution in [-0.2, 0) is 0 Å². The molecular formula is C12H9NO2S. The van der Waals surface area contributed by atoms with E-state index in [4.69, 9.17) is 10.1 Å². The molecule has 16 heavy (non-hydrogen) atoms. The van der Waals surface area contributed by atoms with Crippen LogP contribution in [0.25, 0.3) is 20.2 Å². The fraction of sp³-hybridized carbons (Fsp3) is 0. The number of nitrogens with zero attached hydrogens (tertiary/aromatic N) is 1. The van der Waals surface area contributed by atoms with Crippen LogP contribution in [0.2, 0.25) is 0 Å². The quantitative estimate of drug-likeness (QED) is 0.465. The first-order valence-corrected chi connectivity index (χ1v) is 5.51. The summed E-state index contributed by atoms with van der Waals surface area (Å²) in [6, 6.07) is 17.1. The van der Waals surface area contributed by atoms with E-state index in [1.807, 2.05) is 11.3 Å². The molecule has 0 atom stereocenters. The van der Waals surface area contributed by atoms with Crippen LogP contribution in [0.1, 0.15) is 0 Å². The first-order valence-electron chi connectivity index (χ1n) is 4.70. The molecule has 3 nitrogen and oxygen atoms in total. The Morgan fingerprint density at radius 1 is 0.875 bits per heavy atom. The average molecular weight is 231 g/mol. The topological polar surface area (TPSA) is 49.7 Å². The molecule has 0 aliphatic rings. The van der Waals surface area contributed by atoms with Crippen molar-refractivity contribution < 1.29 is 5.21 Å². The Labute approximate surface area is 95.9 Å². The van der Waals surface area contributed by atoms with Gasteiger partial charge in [0.25, 0.3) is 0 Å². The van der Waals surface area contributed by atoms with Crippen molar-refractivity contribution in [2.75, 3.05) is 0 Å². The van der Waals surface area contributed by atoms with Crippen molar-refractivity contribution in [2.45, 2.75) is 0 Å². The lowest BCUT2D eigenvalue weighted by Gasteiger charge is -1.88. The summed E-state index contributed by atoms with van der Waals surface area (Å²) in [6.45, 7) is 0. The van der Waals surface area contributed by atoms with E-state index >= 15 is 0 Å². The molecule has 0 fully saturated rings. The SMILES string of the molecule is O=NO.c1ccc2c(c1)sc1ccccc12. The fourth-order valence-corrected chi connectivity index (χ4v) is 2.78. The summed E-state index contributed by atoms with van der Waals surface area (Å²) in [6.07, 6.45) is 0. The van der Waals surface area contributed by atoms with Crippen molar-refractivity contribution in [3.8, 4) is 0 Å². The van der Waals surface area contributed by atoms with Crippen molar-refractivity contribution in [3.63, 3.8) is 0 Å². The summed E-state index contributed by atoms with van der Waals surface area (Å²) in [4.78, 5) is 8.11. The Morgan fingerprint density at radius 2 is 1.25 bits per heavy atom. The smallest absolute Gasteiger partial charge is 0.152 e. The molecule has 80 valence electrons. The molecule has 1 heterocycles. The van der Waals surface area contributed by atoms with Crippen molar-refractivity contribution in [1.82, 2.24) is 0 Å². The molecule has 1 aromatic heterocycles. The second-order valence-electron chi connectivity index (χ2n) is 3.18. The number of benzene rings is 2. The Hall–Kier alpha value is -1.94. The monoisotopic (exact) mass is 231 g/mol. The van der Waals surface area contributed by atoms with Gasteiger partial charge >= 0.3 is 0 Å². The minimum atomic E-state index is 1.25. The molecule has 0 radical (unpaired) electrons. The van der Waals surface area contributed by atoms with Crippen LogP contribution in [0.3, 0.4) is 0 Å². The van der Waals surface area contributed by atoms with Crippen LogP contribution in [-0.4, -0.2) is 5.21 Å². The number of fused-ring (bicyclic) bond motifs is 3. The molecule has 1 N–H and O–H groups in total. The van der Waals surface area contributed by atoms with Crippen molar-refractivity contribution in [1.29, 1.82) is 0 Å². The van der Waals surface area contributed by atoms with Gasteiger partial charge in [0.2, 0.25) is 0 Å². The van der Waals surface area contributed by atoms with Gasteiger partial charge in [-0.1, -0.05) is 36.4 Å². The molecule has 0 amide bonds. The largest absolute Gasteiger partial charge is 0.379 e. The van der Waals surface area contributed by atoms with Gasteiger partial charge in [0.1, 0.15) is 0 Å². The summed E-state index contributed by atoms with van der Waals surface area (Å²) in [5, 5.41) is 10.6. The Balaban J connectivity index is 0.000000292. The van der Waals surface area contributed by atoms with Gasteiger partial charge in [0.15, 0.2) is 5.34 Å². The average Bonchev–Trinajstić information content (AvgIpc) is 2.68. The van der Waals surface area contributed by atoms with E-state index in [9.17, 15) is 0 Å². The van der Waals surface area contributed by atoms with E-state index < -0.39 is 0 Å². The highest BCUT2D eigenvalue weighted by molar-refractivity contribution is 7.25. The summed E-state index contributed by atoms with van der Waals surface area (Å²) < 4.78 is 2.76. The molecular weight excluding hydrogens is 222 g/mol. The minimum Gasteiger partial charge on any atom is -0.379 e. The minimum absolute atomic E-state index is 1.25. The third-order valence-electron chi connectivity index (χ3n) is 2.28. The zero-order chi connectivity index (χ0) is 11.4. The zero-order valence-electron chi connectivity index (χ0n) is 8.33.